The maximum atomic E-state index is 13.2. The van der Waals surface area contributed by atoms with Gasteiger partial charge in [-0.1, -0.05) is 54.0 Å². The topological polar surface area (TPSA) is 131 Å². The molecule has 1 amide bonds. The van der Waals surface area contributed by atoms with Crippen LogP contribution in [0.2, 0.25) is 0 Å². The van der Waals surface area contributed by atoms with Gasteiger partial charge in [-0.15, -0.1) is 0 Å². The molecule has 4 unspecified atom stereocenters. The summed E-state index contributed by atoms with van der Waals surface area (Å²) in [6, 6.07) is 3.20. The molecule has 0 radical (unpaired) electrons. The van der Waals surface area contributed by atoms with Crippen LogP contribution < -0.4 is 16.8 Å². The van der Waals surface area contributed by atoms with E-state index < -0.39 is 30.1 Å². The fourth-order valence-electron chi connectivity index (χ4n) is 3.63. The highest BCUT2D eigenvalue weighted by Crippen LogP contribution is 2.23. The second-order valence-corrected chi connectivity index (χ2v) is 9.46. The van der Waals surface area contributed by atoms with Crippen LogP contribution in [0.15, 0.2) is 24.4 Å². The number of hydrogen-bond donors (Lipinski definition) is 4. The molecule has 6 atom stereocenters. The van der Waals surface area contributed by atoms with E-state index in [9.17, 15) is 14.7 Å². The lowest BCUT2D eigenvalue weighted by molar-refractivity contribution is -0.133. The molecule has 1 aromatic rings. The second kappa shape index (κ2) is 12.9. The molecular formula is C24H42N4O3. The third-order valence-corrected chi connectivity index (χ3v) is 6.01. The zero-order valence-electron chi connectivity index (χ0n) is 19.9. The largest absolute Gasteiger partial charge is 0.391 e. The highest BCUT2D eigenvalue weighted by molar-refractivity contribution is 5.93. The van der Waals surface area contributed by atoms with Crippen LogP contribution in [0.1, 0.15) is 72.5 Å². The highest BCUT2D eigenvalue weighted by Gasteiger charge is 2.34. The van der Waals surface area contributed by atoms with Gasteiger partial charge in [-0.05, 0) is 42.7 Å². The SMILES string of the molecule is CC[C@H](C)[C@H](N)C(=O)C(NC(=O)C(CC(O)C(N)CC(C)C)C(C)C)c1ccccn1. The average molecular weight is 435 g/mol. The molecule has 7 heteroatoms. The van der Waals surface area contributed by atoms with Gasteiger partial charge in [0.05, 0.1) is 17.8 Å². The van der Waals surface area contributed by atoms with E-state index in [-0.39, 0.29) is 29.9 Å². The van der Waals surface area contributed by atoms with Crippen LogP contribution in [0.4, 0.5) is 0 Å². The lowest BCUT2D eigenvalue weighted by atomic mass is 9.85. The fraction of sp³-hybridized carbons (Fsp3) is 0.708. The number of aliphatic hydroxyl groups excluding tert-OH is 1. The number of hydrogen-bond acceptors (Lipinski definition) is 6. The molecule has 1 heterocycles. The molecule has 31 heavy (non-hydrogen) atoms. The zero-order chi connectivity index (χ0) is 23.7. The molecule has 0 bridgehead atoms. The second-order valence-electron chi connectivity index (χ2n) is 9.46. The number of nitrogens with one attached hydrogen (secondary N) is 1. The van der Waals surface area contributed by atoms with Crippen molar-refractivity contribution in [3.8, 4) is 0 Å². The molecule has 6 N–H and O–H groups in total. The highest BCUT2D eigenvalue weighted by atomic mass is 16.3. The summed E-state index contributed by atoms with van der Waals surface area (Å²) in [4.78, 5) is 30.7. The van der Waals surface area contributed by atoms with Crippen molar-refractivity contribution in [1.82, 2.24) is 10.3 Å². The standard InChI is InChI=1S/C24H42N4O3/c1-7-16(6)21(26)23(30)22(19-10-8-9-11-27-19)28-24(31)17(15(4)5)13-20(29)18(25)12-14(2)3/h8-11,14-18,20-22,29H,7,12-13,25-26H2,1-6H3,(H,28,31)/t16-,17?,18?,20?,21-,22?/m0/s1. The molecule has 0 saturated carbocycles. The van der Waals surface area contributed by atoms with Crippen LogP contribution in [0.25, 0.3) is 0 Å². The van der Waals surface area contributed by atoms with Gasteiger partial charge < -0.3 is 21.9 Å². The van der Waals surface area contributed by atoms with Crippen molar-refractivity contribution in [2.75, 3.05) is 0 Å². The van der Waals surface area contributed by atoms with E-state index in [2.05, 4.69) is 10.3 Å². The van der Waals surface area contributed by atoms with Crippen molar-refractivity contribution in [2.45, 2.75) is 85.0 Å². The molecule has 0 spiro atoms. The maximum absolute atomic E-state index is 13.2. The third kappa shape index (κ3) is 8.31. The number of carbonyl (C=O) groups excluding carboxylic acids is 2. The van der Waals surface area contributed by atoms with Gasteiger partial charge in [0.25, 0.3) is 0 Å². The van der Waals surface area contributed by atoms with Gasteiger partial charge >= 0.3 is 0 Å². The summed E-state index contributed by atoms with van der Waals surface area (Å²) in [5.74, 6) is -0.765. The summed E-state index contributed by atoms with van der Waals surface area (Å²) < 4.78 is 0. The summed E-state index contributed by atoms with van der Waals surface area (Å²) in [6.45, 7) is 11.8. The lowest BCUT2D eigenvalue weighted by Gasteiger charge is -2.29. The van der Waals surface area contributed by atoms with Crippen LogP contribution >= 0.6 is 0 Å². The number of pyridine rings is 1. The summed E-state index contributed by atoms with van der Waals surface area (Å²) >= 11 is 0. The van der Waals surface area contributed by atoms with Crippen molar-refractivity contribution in [3.05, 3.63) is 30.1 Å². The van der Waals surface area contributed by atoms with Gasteiger partial charge in [0.1, 0.15) is 6.04 Å². The Bertz CT molecular complexity index is 681. The smallest absolute Gasteiger partial charge is 0.224 e. The van der Waals surface area contributed by atoms with Crippen LogP contribution in [0.3, 0.4) is 0 Å². The van der Waals surface area contributed by atoms with Crippen molar-refractivity contribution in [2.24, 2.45) is 35.1 Å². The molecule has 0 aliphatic rings. The van der Waals surface area contributed by atoms with Crippen LogP contribution in [-0.4, -0.2) is 40.0 Å². The van der Waals surface area contributed by atoms with E-state index in [0.717, 1.165) is 6.42 Å². The van der Waals surface area contributed by atoms with Gasteiger partial charge in [0.2, 0.25) is 5.91 Å². The number of amides is 1. The number of Topliss-reactive ketones (excluding diaryl/α,β-unsaturated/α-hetero) is 1. The Balaban J connectivity index is 3.07. The minimum atomic E-state index is -0.930. The maximum Gasteiger partial charge on any atom is 0.224 e. The Morgan fingerprint density at radius 3 is 2.23 bits per heavy atom. The first-order valence-electron chi connectivity index (χ1n) is 11.4. The van der Waals surface area contributed by atoms with E-state index in [1.165, 1.54) is 0 Å². The molecule has 0 fully saturated rings. The number of carbonyl (C=O) groups is 2. The van der Waals surface area contributed by atoms with Crippen molar-refractivity contribution >= 4 is 11.7 Å². The number of aliphatic hydroxyl groups is 1. The lowest BCUT2D eigenvalue weighted by Crippen LogP contribution is -2.48. The number of aromatic nitrogens is 1. The van der Waals surface area contributed by atoms with Crippen molar-refractivity contribution in [3.63, 3.8) is 0 Å². The Hall–Kier alpha value is -1.83. The fourth-order valence-corrected chi connectivity index (χ4v) is 3.63. The van der Waals surface area contributed by atoms with Crippen molar-refractivity contribution < 1.29 is 14.7 Å². The van der Waals surface area contributed by atoms with Crippen LogP contribution in [0, 0.1) is 23.7 Å². The summed E-state index contributed by atoms with van der Waals surface area (Å²) in [6.07, 6.45) is 2.45. The molecule has 7 nitrogen and oxygen atoms in total. The first kappa shape index (κ1) is 27.2. The summed E-state index contributed by atoms with van der Waals surface area (Å²) in [5.41, 5.74) is 12.8. The molecule has 1 rings (SSSR count). The molecule has 0 saturated heterocycles. The predicted molar refractivity (Wildman–Crippen MR) is 124 cm³/mol. The number of ketones is 1. The average Bonchev–Trinajstić information content (AvgIpc) is 2.73. The normalized spacial score (nSPS) is 17.6. The Kier molecular flexibility index (Phi) is 11.3. The van der Waals surface area contributed by atoms with E-state index in [1.54, 1.807) is 24.4 Å². The minimum absolute atomic E-state index is 0.0210. The number of nitrogens with two attached hydrogens (primary N) is 2. The Labute approximate surface area is 187 Å². The molecule has 0 aliphatic carbocycles. The third-order valence-electron chi connectivity index (χ3n) is 6.01. The van der Waals surface area contributed by atoms with Gasteiger partial charge in [-0.3, -0.25) is 14.6 Å². The van der Waals surface area contributed by atoms with E-state index >= 15 is 0 Å². The number of rotatable bonds is 13. The molecular weight excluding hydrogens is 392 g/mol. The quantitative estimate of drug-likeness (QED) is 0.377. The van der Waals surface area contributed by atoms with Gasteiger partial charge in [0.15, 0.2) is 5.78 Å². The molecule has 176 valence electrons. The molecule has 0 aliphatic heterocycles. The van der Waals surface area contributed by atoms with E-state index in [1.807, 2.05) is 41.5 Å². The summed E-state index contributed by atoms with van der Waals surface area (Å²) in [5, 5.41) is 13.5. The minimum Gasteiger partial charge on any atom is -0.391 e. The Morgan fingerprint density at radius 1 is 1.10 bits per heavy atom. The number of nitrogens with zero attached hydrogens (tertiary/aromatic N) is 1. The first-order chi connectivity index (χ1) is 14.5. The van der Waals surface area contributed by atoms with Crippen LogP contribution in [0.5, 0.6) is 0 Å². The van der Waals surface area contributed by atoms with Crippen molar-refractivity contribution in [1.29, 1.82) is 0 Å². The van der Waals surface area contributed by atoms with Crippen LogP contribution in [-0.2, 0) is 9.59 Å². The summed E-state index contributed by atoms with van der Waals surface area (Å²) in [7, 11) is 0. The van der Waals surface area contributed by atoms with E-state index in [0.29, 0.717) is 18.0 Å². The predicted octanol–water partition coefficient (Wildman–Crippen LogP) is 2.58. The molecule has 0 aromatic carbocycles. The first-order valence-corrected chi connectivity index (χ1v) is 11.4. The molecule has 1 aromatic heterocycles. The zero-order valence-corrected chi connectivity index (χ0v) is 19.9. The van der Waals surface area contributed by atoms with Gasteiger partial charge in [-0.25, -0.2) is 0 Å². The van der Waals surface area contributed by atoms with Gasteiger partial charge in [-0.2, -0.15) is 0 Å². The Morgan fingerprint density at radius 2 is 1.74 bits per heavy atom. The monoisotopic (exact) mass is 434 g/mol. The van der Waals surface area contributed by atoms with E-state index in [4.69, 9.17) is 11.5 Å². The van der Waals surface area contributed by atoms with Gasteiger partial charge in [0, 0.05) is 18.2 Å².